The Bertz CT molecular complexity index is 509. The number of nitrogens with zero attached hydrogens (tertiary/aromatic N) is 1. The molecule has 0 bridgehead atoms. The highest BCUT2D eigenvalue weighted by atomic mass is 79.9. The summed E-state index contributed by atoms with van der Waals surface area (Å²) in [5.74, 6) is 0.0233. The van der Waals surface area contributed by atoms with Gasteiger partial charge >= 0.3 is 0 Å². The second-order valence-electron chi connectivity index (χ2n) is 3.53. The maximum Gasteiger partial charge on any atom is 0.214 e. The second kappa shape index (κ2) is 4.56. The first-order valence-corrected chi connectivity index (χ1v) is 7.97. The van der Waals surface area contributed by atoms with Crippen LogP contribution in [0.3, 0.4) is 0 Å². The van der Waals surface area contributed by atoms with Crippen molar-refractivity contribution in [3.05, 3.63) is 20.8 Å². The van der Waals surface area contributed by atoms with Crippen LogP contribution in [-0.4, -0.2) is 37.3 Å². The van der Waals surface area contributed by atoms with E-state index in [-0.39, 0.29) is 18.1 Å². The number of thiophene rings is 1. The van der Waals surface area contributed by atoms with E-state index >= 15 is 0 Å². The fourth-order valence-electron chi connectivity index (χ4n) is 1.57. The lowest BCUT2D eigenvalue weighted by Crippen LogP contribution is -2.31. The van der Waals surface area contributed by atoms with Crippen LogP contribution in [0.15, 0.2) is 15.9 Å². The number of ketones is 1. The lowest BCUT2D eigenvalue weighted by atomic mass is 10.3. The van der Waals surface area contributed by atoms with E-state index in [0.29, 0.717) is 17.8 Å². The summed E-state index contributed by atoms with van der Waals surface area (Å²) in [6.45, 7) is 0.426. The van der Waals surface area contributed by atoms with Crippen molar-refractivity contribution in [3.8, 4) is 0 Å². The summed E-state index contributed by atoms with van der Waals surface area (Å²) < 4.78 is 25.1. The molecule has 1 aromatic rings. The first-order chi connectivity index (χ1) is 7.49. The highest BCUT2D eigenvalue weighted by Crippen LogP contribution is 2.23. The number of Topliss-reactive ketones (excluding diaryl/α,β-unsaturated/α-hetero) is 1. The molecule has 0 atom stereocenters. The fourth-order valence-corrected chi connectivity index (χ4v) is 4.36. The van der Waals surface area contributed by atoms with Crippen LogP contribution in [-0.2, 0) is 10.0 Å². The van der Waals surface area contributed by atoms with E-state index in [1.54, 1.807) is 12.1 Å². The van der Waals surface area contributed by atoms with Crippen molar-refractivity contribution in [2.24, 2.45) is 0 Å². The van der Waals surface area contributed by atoms with Gasteiger partial charge in [0.05, 0.1) is 21.0 Å². The van der Waals surface area contributed by atoms with Crippen LogP contribution < -0.4 is 0 Å². The van der Waals surface area contributed by atoms with Crippen LogP contribution in [0.2, 0.25) is 0 Å². The maximum atomic E-state index is 11.8. The largest absolute Gasteiger partial charge is 0.292 e. The monoisotopic (exact) mass is 323 g/mol. The molecule has 1 aromatic heterocycles. The molecule has 4 nitrogen and oxygen atoms in total. The van der Waals surface area contributed by atoms with Crippen molar-refractivity contribution >= 4 is 43.1 Å². The Labute approximate surface area is 106 Å². The number of hydrogen-bond donors (Lipinski definition) is 0. The number of carbonyl (C=O) groups is 1. The molecule has 0 unspecified atom stereocenters. The molecule has 0 spiro atoms. The Morgan fingerprint density at radius 3 is 2.75 bits per heavy atom. The highest BCUT2D eigenvalue weighted by molar-refractivity contribution is 9.11. The highest BCUT2D eigenvalue weighted by Gasteiger charge is 2.30. The molecule has 0 radical (unpaired) electrons. The quantitative estimate of drug-likeness (QED) is 0.796. The topological polar surface area (TPSA) is 54.5 Å². The third kappa shape index (κ3) is 2.53. The molecule has 2 rings (SSSR count). The van der Waals surface area contributed by atoms with Crippen LogP contribution in [0.5, 0.6) is 0 Å². The molecule has 88 valence electrons. The van der Waals surface area contributed by atoms with E-state index < -0.39 is 10.0 Å². The maximum absolute atomic E-state index is 11.8. The number of carbonyl (C=O) groups excluding carboxylic acids is 1. The zero-order valence-electron chi connectivity index (χ0n) is 8.35. The van der Waals surface area contributed by atoms with Crippen molar-refractivity contribution in [2.45, 2.75) is 6.42 Å². The van der Waals surface area contributed by atoms with E-state index in [2.05, 4.69) is 15.9 Å². The summed E-state index contributed by atoms with van der Waals surface area (Å²) in [4.78, 5) is 12.4. The molecule has 1 fully saturated rings. The molecule has 16 heavy (non-hydrogen) atoms. The molecular formula is C9H10BrNO3S2. The predicted molar refractivity (Wildman–Crippen MR) is 66.3 cm³/mol. The summed E-state index contributed by atoms with van der Waals surface area (Å²) in [5.41, 5.74) is 0. The zero-order chi connectivity index (χ0) is 11.8. The van der Waals surface area contributed by atoms with Crippen LogP contribution in [0.25, 0.3) is 0 Å². The van der Waals surface area contributed by atoms with Gasteiger partial charge in [-0.3, -0.25) is 4.79 Å². The SMILES string of the molecule is O=C(CN1CCCS1(=O)=O)c1ccc(Br)s1. The summed E-state index contributed by atoms with van der Waals surface area (Å²) >= 11 is 4.60. The normalized spacial score (nSPS) is 20.1. The van der Waals surface area contributed by atoms with Crippen molar-refractivity contribution in [1.82, 2.24) is 4.31 Å². The first kappa shape index (κ1) is 12.2. The van der Waals surface area contributed by atoms with E-state index in [1.807, 2.05) is 0 Å². The summed E-state index contributed by atoms with van der Waals surface area (Å²) in [6.07, 6.45) is 0.615. The molecule has 1 aliphatic heterocycles. The molecule has 1 aliphatic rings. The van der Waals surface area contributed by atoms with Gasteiger partial charge in [-0.05, 0) is 34.5 Å². The van der Waals surface area contributed by atoms with Gasteiger partial charge in [0.25, 0.3) is 0 Å². The van der Waals surface area contributed by atoms with Gasteiger partial charge in [0, 0.05) is 6.54 Å². The Hall–Kier alpha value is -0.240. The van der Waals surface area contributed by atoms with Gasteiger partial charge in [-0.15, -0.1) is 11.3 Å². The van der Waals surface area contributed by atoms with Crippen LogP contribution in [0, 0.1) is 0 Å². The van der Waals surface area contributed by atoms with E-state index in [0.717, 1.165) is 3.79 Å². The third-order valence-corrected chi connectivity index (χ3v) is 5.94. The number of rotatable bonds is 3. The molecule has 2 heterocycles. The van der Waals surface area contributed by atoms with Gasteiger partial charge in [-0.2, -0.15) is 4.31 Å². The molecular weight excluding hydrogens is 314 g/mol. The Morgan fingerprint density at radius 1 is 1.50 bits per heavy atom. The van der Waals surface area contributed by atoms with Gasteiger partial charge in [0.1, 0.15) is 0 Å². The van der Waals surface area contributed by atoms with Crippen molar-refractivity contribution in [3.63, 3.8) is 0 Å². The first-order valence-electron chi connectivity index (χ1n) is 4.75. The lowest BCUT2D eigenvalue weighted by molar-refractivity contribution is 0.0973. The minimum Gasteiger partial charge on any atom is -0.292 e. The molecule has 0 N–H and O–H groups in total. The summed E-state index contributed by atoms with van der Waals surface area (Å²) in [6, 6.07) is 3.50. The number of halogens is 1. The third-order valence-electron chi connectivity index (χ3n) is 2.37. The average molecular weight is 324 g/mol. The van der Waals surface area contributed by atoms with Gasteiger partial charge in [0.2, 0.25) is 10.0 Å². The van der Waals surface area contributed by atoms with E-state index in [9.17, 15) is 13.2 Å². The Kier molecular flexibility index (Phi) is 3.48. The Morgan fingerprint density at radius 2 is 2.25 bits per heavy atom. The average Bonchev–Trinajstić information content (AvgIpc) is 2.74. The van der Waals surface area contributed by atoms with Gasteiger partial charge in [-0.25, -0.2) is 8.42 Å². The predicted octanol–water partition coefficient (Wildman–Crippen LogP) is 1.73. The molecule has 0 saturated carbocycles. The van der Waals surface area contributed by atoms with E-state index in [1.165, 1.54) is 15.6 Å². The van der Waals surface area contributed by atoms with Crippen LogP contribution in [0.1, 0.15) is 16.1 Å². The van der Waals surface area contributed by atoms with Gasteiger partial charge < -0.3 is 0 Å². The van der Waals surface area contributed by atoms with Crippen LogP contribution in [0.4, 0.5) is 0 Å². The molecule has 1 saturated heterocycles. The van der Waals surface area contributed by atoms with Crippen LogP contribution >= 0.6 is 27.3 Å². The standard InChI is InChI=1S/C9H10BrNO3S2/c10-9-3-2-8(15-9)7(12)6-11-4-1-5-16(11,13)14/h2-3H,1,4-6H2. The molecule has 7 heteroatoms. The smallest absolute Gasteiger partial charge is 0.214 e. The van der Waals surface area contributed by atoms with Crippen molar-refractivity contribution < 1.29 is 13.2 Å². The van der Waals surface area contributed by atoms with Crippen molar-refractivity contribution in [1.29, 1.82) is 0 Å². The zero-order valence-corrected chi connectivity index (χ0v) is 11.6. The number of hydrogen-bond acceptors (Lipinski definition) is 4. The minimum absolute atomic E-state index is 0.0325. The summed E-state index contributed by atoms with van der Waals surface area (Å²) in [5, 5.41) is 0. The van der Waals surface area contributed by atoms with Crippen molar-refractivity contribution in [2.75, 3.05) is 18.8 Å². The van der Waals surface area contributed by atoms with Gasteiger partial charge in [0.15, 0.2) is 5.78 Å². The molecule has 0 amide bonds. The fraction of sp³-hybridized carbons (Fsp3) is 0.444. The minimum atomic E-state index is -3.18. The Balaban J connectivity index is 2.08. The summed E-state index contributed by atoms with van der Waals surface area (Å²) in [7, 11) is -3.18. The lowest BCUT2D eigenvalue weighted by Gasteiger charge is -2.11. The molecule has 0 aliphatic carbocycles. The molecule has 0 aromatic carbocycles. The number of sulfonamides is 1. The second-order valence-corrected chi connectivity index (χ2v) is 8.08. The van der Waals surface area contributed by atoms with E-state index in [4.69, 9.17) is 0 Å². The van der Waals surface area contributed by atoms with Gasteiger partial charge in [-0.1, -0.05) is 0 Å².